The summed E-state index contributed by atoms with van der Waals surface area (Å²) >= 11 is 5.88. The molecule has 0 fully saturated rings. The molecule has 0 aromatic heterocycles. The largest absolute Gasteiger partial charge is 0.448 e. The fourth-order valence-electron chi connectivity index (χ4n) is 1.87. The molecule has 0 saturated carbocycles. The van der Waals surface area contributed by atoms with Crippen molar-refractivity contribution in [2.75, 3.05) is 11.9 Å². The van der Waals surface area contributed by atoms with Crippen molar-refractivity contribution in [2.45, 2.75) is 31.6 Å². The highest BCUT2D eigenvalue weighted by molar-refractivity contribution is 6.20. The molecule has 1 aromatic carbocycles. The standard InChI is InChI=1S/C15H18ClN3O3/c1-2-11(16)9-22-15(21)17-12-5-3-10(4-6-12)13-7-8-14(20)19-18-13/h3-6,11H,2,7-9H2,1H3,(H,17,21)(H,19,20). The van der Waals surface area contributed by atoms with Crippen LogP contribution in [0.15, 0.2) is 29.4 Å². The molecular weight excluding hydrogens is 306 g/mol. The van der Waals surface area contributed by atoms with Gasteiger partial charge in [-0.25, -0.2) is 10.2 Å². The van der Waals surface area contributed by atoms with Gasteiger partial charge in [0.2, 0.25) is 5.91 Å². The van der Waals surface area contributed by atoms with Crippen LogP contribution in [-0.2, 0) is 9.53 Å². The Morgan fingerprint density at radius 1 is 1.41 bits per heavy atom. The summed E-state index contributed by atoms with van der Waals surface area (Å²) in [6.07, 6.45) is 1.24. The maximum Gasteiger partial charge on any atom is 0.411 e. The molecule has 2 N–H and O–H groups in total. The molecule has 0 spiro atoms. The number of carbonyl (C=O) groups is 2. The number of benzene rings is 1. The summed E-state index contributed by atoms with van der Waals surface area (Å²) in [4.78, 5) is 22.6. The van der Waals surface area contributed by atoms with Gasteiger partial charge in [0.05, 0.1) is 11.1 Å². The van der Waals surface area contributed by atoms with Gasteiger partial charge in [-0.2, -0.15) is 5.10 Å². The number of hydrogen-bond acceptors (Lipinski definition) is 4. The van der Waals surface area contributed by atoms with Crippen LogP contribution < -0.4 is 10.7 Å². The van der Waals surface area contributed by atoms with E-state index in [1.807, 2.05) is 19.1 Å². The van der Waals surface area contributed by atoms with Crippen LogP contribution in [0.3, 0.4) is 0 Å². The number of hydrazone groups is 1. The fourth-order valence-corrected chi connectivity index (χ4v) is 1.93. The molecule has 0 bridgehead atoms. The summed E-state index contributed by atoms with van der Waals surface area (Å²) in [6, 6.07) is 7.19. The van der Waals surface area contributed by atoms with Gasteiger partial charge in [0, 0.05) is 18.5 Å². The molecular formula is C15H18ClN3O3. The fraction of sp³-hybridized carbons (Fsp3) is 0.400. The van der Waals surface area contributed by atoms with Crippen LogP contribution in [0.25, 0.3) is 0 Å². The van der Waals surface area contributed by atoms with E-state index in [1.165, 1.54) is 0 Å². The van der Waals surface area contributed by atoms with Gasteiger partial charge in [-0.05, 0) is 24.1 Å². The molecule has 2 amide bonds. The summed E-state index contributed by atoms with van der Waals surface area (Å²) in [5.74, 6) is -0.0746. The van der Waals surface area contributed by atoms with E-state index < -0.39 is 6.09 Å². The lowest BCUT2D eigenvalue weighted by Gasteiger charge is -2.13. The molecule has 0 aliphatic carbocycles. The van der Waals surface area contributed by atoms with Crippen LogP contribution in [0.5, 0.6) is 0 Å². The van der Waals surface area contributed by atoms with Crippen LogP contribution in [0.1, 0.15) is 31.7 Å². The second kappa shape index (κ2) is 7.79. The Kier molecular flexibility index (Phi) is 5.77. The molecule has 1 heterocycles. The van der Waals surface area contributed by atoms with E-state index in [0.29, 0.717) is 18.5 Å². The van der Waals surface area contributed by atoms with E-state index in [0.717, 1.165) is 17.7 Å². The van der Waals surface area contributed by atoms with E-state index in [4.69, 9.17) is 16.3 Å². The van der Waals surface area contributed by atoms with E-state index in [-0.39, 0.29) is 17.9 Å². The van der Waals surface area contributed by atoms with Gasteiger partial charge in [-0.1, -0.05) is 19.1 Å². The number of hydrogen-bond donors (Lipinski definition) is 2. The zero-order chi connectivity index (χ0) is 15.9. The Morgan fingerprint density at radius 3 is 2.73 bits per heavy atom. The van der Waals surface area contributed by atoms with Gasteiger partial charge in [0.25, 0.3) is 0 Å². The molecule has 118 valence electrons. The number of nitrogens with zero attached hydrogens (tertiary/aromatic N) is 1. The van der Waals surface area contributed by atoms with Crippen LogP contribution in [0.4, 0.5) is 10.5 Å². The van der Waals surface area contributed by atoms with Crippen LogP contribution in [0.2, 0.25) is 0 Å². The van der Waals surface area contributed by atoms with E-state index in [2.05, 4.69) is 15.8 Å². The number of alkyl halides is 1. The average molecular weight is 324 g/mol. The van der Waals surface area contributed by atoms with Gasteiger partial charge in [0.15, 0.2) is 0 Å². The summed E-state index contributed by atoms with van der Waals surface area (Å²) < 4.78 is 5.00. The molecule has 1 aliphatic rings. The Bertz CT molecular complexity index is 572. The van der Waals surface area contributed by atoms with Gasteiger partial charge < -0.3 is 4.74 Å². The van der Waals surface area contributed by atoms with Crippen molar-refractivity contribution >= 4 is 35.0 Å². The SMILES string of the molecule is CCC(Cl)COC(=O)Nc1ccc(C2=NNC(=O)CC2)cc1. The normalized spacial score (nSPS) is 15.5. The van der Waals surface area contributed by atoms with Crippen LogP contribution >= 0.6 is 11.6 Å². The van der Waals surface area contributed by atoms with Crippen molar-refractivity contribution in [1.29, 1.82) is 0 Å². The molecule has 2 rings (SSSR count). The van der Waals surface area contributed by atoms with Crippen molar-refractivity contribution in [3.05, 3.63) is 29.8 Å². The zero-order valence-corrected chi connectivity index (χ0v) is 13.0. The number of anilines is 1. The van der Waals surface area contributed by atoms with Crippen molar-refractivity contribution in [3.63, 3.8) is 0 Å². The molecule has 1 aromatic rings. The van der Waals surface area contributed by atoms with Crippen molar-refractivity contribution in [1.82, 2.24) is 5.43 Å². The van der Waals surface area contributed by atoms with Crippen LogP contribution in [-0.4, -0.2) is 29.7 Å². The maximum atomic E-state index is 11.6. The lowest BCUT2D eigenvalue weighted by molar-refractivity contribution is -0.121. The van der Waals surface area contributed by atoms with E-state index in [9.17, 15) is 9.59 Å². The second-order valence-corrected chi connectivity index (χ2v) is 5.52. The first-order valence-corrected chi connectivity index (χ1v) is 7.55. The molecule has 1 atom stereocenters. The molecule has 7 heteroatoms. The minimum atomic E-state index is -0.533. The molecule has 0 saturated heterocycles. The van der Waals surface area contributed by atoms with Gasteiger partial charge in [-0.15, -0.1) is 11.6 Å². The lowest BCUT2D eigenvalue weighted by Crippen LogP contribution is -2.25. The number of amides is 2. The van der Waals surface area contributed by atoms with Gasteiger partial charge in [-0.3, -0.25) is 10.1 Å². The summed E-state index contributed by atoms with van der Waals surface area (Å²) in [5.41, 5.74) is 4.81. The first kappa shape index (κ1) is 16.3. The molecule has 6 nitrogen and oxygen atoms in total. The highest BCUT2D eigenvalue weighted by Crippen LogP contribution is 2.14. The minimum absolute atomic E-state index is 0.0746. The van der Waals surface area contributed by atoms with Crippen LogP contribution in [0, 0.1) is 0 Å². The van der Waals surface area contributed by atoms with Crippen molar-refractivity contribution < 1.29 is 14.3 Å². The average Bonchev–Trinajstić information content (AvgIpc) is 2.54. The Balaban J connectivity index is 1.89. The highest BCUT2D eigenvalue weighted by Gasteiger charge is 2.13. The molecule has 22 heavy (non-hydrogen) atoms. The molecule has 0 radical (unpaired) electrons. The number of halogens is 1. The smallest absolute Gasteiger partial charge is 0.411 e. The van der Waals surface area contributed by atoms with Crippen molar-refractivity contribution in [2.24, 2.45) is 5.10 Å². The maximum absolute atomic E-state index is 11.6. The Morgan fingerprint density at radius 2 is 2.14 bits per heavy atom. The molecule has 1 aliphatic heterocycles. The quantitative estimate of drug-likeness (QED) is 0.818. The Hall–Kier alpha value is -2.08. The zero-order valence-electron chi connectivity index (χ0n) is 12.3. The topological polar surface area (TPSA) is 79.8 Å². The highest BCUT2D eigenvalue weighted by atomic mass is 35.5. The first-order chi connectivity index (χ1) is 10.6. The summed E-state index contributed by atoms with van der Waals surface area (Å²) in [6.45, 7) is 2.10. The van der Waals surface area contributed by atoms with Crippen molar-refractivity contribution in [3.8, 4) is 0 Å². The van der Waals surface area contributed by atoms with Gasteiger partial charge in [0.1, 0.15) is 6.61 Å². The third-order valence-corrected chi connectivity index (χ3v) is 3.64. The third kappa shape index (κ3) is 4.73. The molecule has 1 unspecified atom stereocenters. The minimum Gasteiger partial charge on any atom is -0.448 e. The second-order valence-electron chi connectivity index (χ2n) is 4.90. The number of ether oxygens (including phenoxy) is 1. The Labute approximate surface area is 133 Å². The number of carbonyl (C=O) groups excluding carboxylic acids is 2. The first-order valence-electron chi connectivity index (χ1n) is 7.12. The monoisotopic (exact) mass is 323 g/mol. The third-order valence-electron chi connectivity index (χ3n) is 3.21. The van der Waals surface area contributed by atoms with E-state index >= 15 is 0 Å². The predicted molar refractivity (Wildman–Crippen MR) is 85.3 cm³/mol. The number of rotatable bonds is 5. The predicted octanol–water partition coefficient (Wildman–Crippen LogP) is 2.87. The number of nitrogens with one attached hydrogen (secondary N) is 2. The van der Waals surface area contributed by atoms with E-state index in [1.54, 1.807) is 12.1 Å². The summed E-state index contributed by atoms with van der Waals surface area (Å²) in [7, 11) is 0. The van der Waals surface area contributed by atoms with Gasteiger partial charge >= 0.3 is 6.09 Å². The lowest BCUT2D eigenvalue weighted by atomic mass is 10.0. The summed E-state index contributed by atoms with van der Waals surface area (Å²) in [5, 5.41) is 6.48.